The van der Waals surface area contributed by atoms with E-state index in [4.69, 9.17) is 11.5 Å². The van der Waals surface area contributed by atoms with E-state index < -0.39 is 33.1 Å². The van der Waals surface area contributed by atoms with Crippen LogP contribution in [0.4, 0.5) is 4.39 Å². The first-order valence-corrected chi connectivity index (χ1v) is 8.76. The van der Waals surface area contributed by atoms with E-state index in [0.717, 1.165) is 44.1 Å². The van der Waals surface area contributed by atoms with Crippen molar-refractivity contribution >= 4 is 21.7 Å². The van der Waals surface area contributed by atoms with Crippen molar-refractivity contribution in [3.05, 3.63) is 29.1 Å². The van der Waals surface area contributed by atoms with Crippen LogP contribution < -0.4 is 11.5 Å². The maximum Gasteiger partial charge on any atom is 0.283 e. The smallest absolute Gasteiger partial charge is 0.283 e. The molecule has 1 aliphatic rings. The van der Waals surface area contributed by atoms with Gasteiger partial charge in [-0.3, -0.25) is 4.79 Å². The maximum atomic E-state index is 14.2. The number of guanidine groups is 1. The van der Waals surface area contributed by atoms with Gasteiger partial charge in [-0.25, -0.2) is 12.8 Å². The first kappa shape index (κ1) is 16.4. The fourth-order valence-electron chi connectivity index (χ4n) is 2.79. The number of amides is 1. The van der Waals surface area contributed by atoms with Crippen LogP contribution in [0.5, 0.6) is 0 Å². The molecule has 0 heterocycles. The lowest BCUT2D eigenvalue weighted by atomic mass is 9.96. The second-order valence-corrected chi connectivity index (χ2v) is 7.45. The lowest BCUT2D eigenvalue weighted by Crippen LogP contribution is -2.24. The van der Waals surface area contributed by atoms with Gasteiger partial charge in [0.1, 0.15) is 5.82 Å². The average molecular weight is 327 g/mol. The van der Waals surface area contributed by atoms with Gasteiger partial charge in [-0.15, -0.1) is 0 Å². The van der Waals surface area contributed by atoms with Gasteiger partial charge in [0.2, 0.25) is 0 Å². The van der Waals surface area contributed by atoms with Gasteiger partial charge in [-0.1, -0.05) is 12.8 Å². The van der Waals surface area contributed by atoms with Crippen LogP contribution in [-0.4, -0.2) is 26.5 Å². The highest BCUT2D eigenvalue weighted by Crippen LogP contribution is 2.38. The normalized spacial score (nSPS) is 15.7. The van der Waals surface area contributed by atoms with Gasteiger partial charge >= 0.3 is 0 Å². The summed E-state index contributed by atoms with van der Waals surface area (Å²) in [4.78, 5) is 15.0. The topological polar surface area (TPSA) is 116 Å². The summed E-state index contributed by atoms with van der Waals surface area (Å²) in [5.74, 6) is -2.33. The summed E-state index contributed by atoms with van der Waals surface area (Å²) < 4.78 is 38.2. The predicted molar refractivity (Wildman–Crippen MR) is 80.9 cm³/mol. The summed E-state index contributed by atoms with van der Waals surface area (Å²) in [6.07, 6.45) is 4.61. The summed E-state index contributed by atoms with van der Waals surface area (Å²) in [5.41, 5.74) is 10.2. The van der Waals surface area contributed by atoms with Crippen molar-refractivity contribution in [3.63, 3.8) is 0 Å². The van der Waals surface area contributed by atoms with E-state index in [1.54, 1.807) is 0 Å². The number of sulfone groups is 1. The predicted octanol–water partition coefficient (Wildman–Crippen LogP) is 1.30. The van der Waals surface area contributed by atoms with Gasteiger partial charge in [0.15, 0.2) is 15.8 Å². The number of benzene rings is 1. The van der Waals surface area contributed by atoms with Gasteiger partial charge in [0.25, 0.3) is 5.91 Å². The van der Waals surface area contributed by atoms with Crippen molar-refractivity contribution in [2.45, 2.75) is 36.5 Å². The Morgan fingerprint density at radius 2 is 1.86 bits per heavy atom. The molecule has 1 fully saturated rings. The van der Waals surface area contributed by atoms with Crippen molar-refractivity contribution < 1.29 is 17.6 Å². The molecular formula is C14H18FN3O3S. The first-order chi connectivity index (χ1) is 10.2. The number of nitrogens with two attached hydrogens (primary N) is 2. The number of carbonyl (C=O) groups excluding carboxylic acids is 1. The third kappa shape index (κ3) is 3.44. The van der Waals surface area contributed by atoms with Gasteiger partial charge in [-0.05, 0) is 36.5 Å². The highest BCUT2D eigenvalue weighted by molar-refractivity contribution is 7.90. The zero-order valence-corrected chi connectivity index (χ0v) is 13.0. The Labute approximate surface area is 128 Å². The Balaban J connectivity index is 2.61. The molecular weight excluding hydrogens is 309 g/mol. The van der Waals surface area contributed by atoms with Crippen LogP contribution >= 0.6 is 0 Å². The summed E-state index contributed by atoms with van der Waals surface area (Å²) in [5, 5.41) is 0. The van der Waals surface area contributed by atoms with Crippen molar-refractivity contribution in [3.8, 4) is 0 Å². The van der Waals surface area contributed by atoms with E-state index in [1.165, 1.54) is 0 Å². The summed E-state index contributed by atoms with van der Waals surface area (Å²) >= 11 is 0. The monoisotopic (exact) mass is 327 g/mol. The average Bonchev–Trinajstić information content (AvgIpc) is 2.89. The molecule has 120 valence electrons. The van der Waals surface area contributed by atoms with Crippen LogP contribution in [0.3, 0.4) is 0 Å². The van der Waals surface area contributed by atoms with Crippen molar-refractivity contribution in [2.75, 3.05) is 6.26 Å². The molecule has 1 amide bonds. The number of hydrogen-bond donors (Lipinski definition) is 2. The Morgan fingerprint density at radius 1 is 1.27 bits per heavy atom. The molecule has 1 saturated carbocycles. The standard InChI is InChI=1S/C14H18FN3O3S/c1-22(20,21)12-7-10(13(19)18-14(16)17)11(15)6-9(12)8-4-2-3-5-8/h6-8H,2-5H2,1H3,(H4,16,17,18,19). The summed E-state index contributed by atoms with van der Waals surface area (Å²) in [6, 6.07) is 2.16. The van der Waals surface area contributed by atoms with E-state index in [1.807, 2.05) is 0 Å². The second kappa shape index (κ2) is 6.04. The molecule has 1 aromatic carbocycles. The van der Waals surface area contributed by atoms with Crippen LogP contribution in [0, 0.1) is 5.82 Å². The molecule has 0 radical (unpaired) electrons. The third-order valence-corrected chi connectivity index (χ3v) is 4.91. The Hall–Kier alpha value is -1.96. The Bertz CT molecular complexity index is 734. The molecule has 8 heteroatoms. The van der Waals surface area contributed by atoms with Crippen molar-refractivity contribution in [2.24, 2.45) is 16.5 Å². The Morgan fingerprint density at radius 3 is 2.36 bits per heavy atom. The molecule has 2 rings (SSSR count). The molecule has 0 spiro atoms. The van der Waals surface area contributed by atoms with Crippen molar-refractivity contribution in [1.82, 2.24) is 0 Å². The molecule has 22 heavy (non-hydrogen) atoms. The fraction of sp³-hybridized carbons (Fsp3) is 0.429. The van der Waals surface area contributed by atoms with Gasteiger partial charge in [-0.2, -0.15) is 4.99 Å². The summed E-state index contributed by atoms with van der Waals surface area (Å²) in [7, 11) is -3.60. The molecule has 1 aromatic rings. The van der Waals surface area contributed by atoms with Crippen LogP contribution in [0.2, 0.25) is 0 Å². The summed E-state index contributed by atoms with van der Waals surface area (Å²) in [6.45, 7) is 0. The minimum atomic E-state index is -3.60. The highest BCUT2D eigenvalue weighted by Gasteiger charge is 2.27. The van der Waals surface area contributed by atoms with Crippen molar-refractivity contribution in [1.29, 1.82) is 0 Å². The zero-order chi connectivity index (χ0) is 16.5. The maximum absolute atomic E-state index is 14.2. The number of hydrogen-bond acceptors (Lipinski definition) is 3. The van der Waals surface area contributed by atoms with Crippen LogP contribution in [0.1, 0.15) is 47.5 Å². The number of carbonyl (C=O) groups is 1. The minimum absolute atomic E-state index is 0.00791. The highest BCUT2D eigenvalue weighted by atomic mass is 32.2. The van der Waals surface area contributed by atoms with E-state index in [-0.39, 0.29) is 10.8 Å². The van der Waals surface area contributed by atoms with Gasteiger partial charge in [0, 0.05) is 6.26 Å². The van der Waals surface area contributed by atoms with E-state index in [9.17, 15) is 17.6 Å². The van der Waals surface area contributed by atoms with E-state index >= 15 is 0 Å². The number of nitrogens with zero attached hydrogens (tertiary/aromatic N) is 1. The first-order valence-electron chi connectivity index (χ1n) is 6.87. The minimum Gasteiger partial charge on any atom is -0.370 e. The fourth-order valence-corrected chi connectivity index (χ4v) is 3.77. The van der Waals surface area contributed by atoms with Gasteiger partial charge < -0.3 is 11.5 Å². The molecule has 0 aromatic heterocycles. The molecule has 0 aliphatic heterocycles. The SMILES string of the molecule is CS(=O)(=O)c1cc(C(=O)N=C(N)N)c(F)cc1C1CCCC1. The third-order valence-electron chi connectivity index (χ3n) is 3.75. The van der Waals surface area contributed by atoms with Crippen LogP contribution in [0.15, 0.2) is 22.0 Å². The van der Waals surface area contributed by atoms with Crippen LogP contribution in [-0.2, 0) is 9.84 Å². The van der Waals surface area contributed by atoms with Crippen LogP contribution in [0.25, 0.3) is 0 Å². The number of rotatable bonds is 3. The molecule has 0 saturated heterocycles. The second-order valence-electron chi connectivity index (χ2n) is 5.47. The number of aliphatic imine (C=N–C) groups is 1. The molecule has 1 aliphatic carbocycles. The lowest BCUT2D eigenvalue weighted by Gasteiger charge is -2.15. The quantitative estimate of drug-likeness (QED) is 0.493. The Kier molecular flexibility index (Phi) is 4.50. The molecule has 6 nitrogen and oxygen atoms in total. The lowest BCUT2D eigenvalue weighted by molar-refractivity contribution is 0.0998. The van der Waals surface area contributed by atoms with Gasteiger partial charge in [0.05, 0.1) is 10.5 Å². The molecule has 4 N–H and O–H groups in total. The molecule has 0 bridgehead atoms. The number of halogens is 1. The van der Waals surface area contributed by atoms with E-state index in [0.29, 0.717) is 5.56 Å². The van der Waals surface area contributed by atoms with E-state index in [2.05, 4.69) is 4.99 Å². The largest absolute Gasteiger partial charge is 0.370 e. The molecule has 0 atom stereocenters. The zero-order valence-electron chi connectivity index (χ0n) is 12.2. The molecule has 0 unspecified atom stereocenters.